The van der Waals surface area contributed by atoms with E-state index < -0.39 is 10.0 Å². The summed E-state index contributed by atoms with van der Waals surface area (Å²) < 4.78 is 22.8. The van der Waals surface area contributed by atoms with Crippen LogP contribution in [-0.4, -0.2) is 15.0 Å². The van der Waals surface area contributed by atoms with Gasteiger partial charge in [-0.1, -0.05) is 26.2 Å². The number of hydrogen-bond donors (Lipinski definition) is 3. The first-order valence-corrected chi connectivity index (χ1v) is 8.50. The predicted molar refractivity (Wildman–Crippen MR) is 81.9 cm³/mol. The summed E-state index contributed by atoms with van der Waals surface area (Å²) in [6.07, 6.45) is 6.23. The molecule has 2 rings (SSSR count). The number of primary sulfonamides is 1. The Morgan fingerprint density at radius 1 is 1.20 bits per heavy atom. The van der Waals surface area contributed by atoms with Crippen LogP contribution in [0, 0.1) is 5.41 Å². The summed E-state index contributed by atoms with van der Waals surface area (Å²) in [6.45, 7) is 3.09. The van der Waals surface area contributed by atoms with Crippen LogP contribution in [0.15, 0.2) is 23.1 Å². The van der Waals surface area contributed by atoms with Crippen LogP contribution in [0.25, 0.3) is 0 Å². The van der Waals surface area contributed by atoms with Crippen LogP contribution in [0.3, 0.4) is 0 Å². The van der Waals surface area contributed by atoms with E-state index in [0.29, 0.717) is 11.4 Å². The molecule has 1 aromatic rings. The Labute approximate surface area is 120 Å². The Morgan fingerprint density at radius 2 is 1.85 bits per heavy atom. The molecule has 0 bridgehead atoms. The molecule has 5 nitrogen and oxygen atoms in total. The second-order valence-electron chi connectivity index (χ2n) is 6.06. The summed E-state index contributed by atoms with van der Waals surface area (Å²) in [4.78, 5) is 0.0498. The molecule has 1 saturated carbocycles. The zero-order valence-corrected chi connectivity index (χ0v) is 12.7. The normalized spacial score (nSPS) is 18.7. The number of nitrogens with one attached hydrogen (secondary N) is 1. The molecule has 0 amide bonds. The van der Waals surface area contributed by atoms with Gasteiger partial charge in [-0.25, -0.2) is 13.6 Å². The largest absolute Gasteiger partial charge is 0.399 e. The van der Waals surface area contributed by atoms with Crippen LogP contribution in [0.1, 0.15) is 39.0 Å². The van der Waals surface area contributed by atoms with Crippen LogP contribution < -0.4 is 16.2 Å². The second-order valence-corrected chi connectivity index (χ2v) is 7.62. The first kappa shape index (κ1) is 15.1. The number of benzene rings is 1. The molecule has 20 heavy (non-hydrogen) atoms. The topological polar surface area (TPSA) is 98.2 Å². The fraction of sp³-hybridized carbons (Fsp3) is 0.571. The fourth-order valence-corrected chi connectivity index (χ4v) is 3.38. The van der Waals surface area contributed by atoms with Crippen molar-refractivity contribution in [2.24, 2.45) is 10.6 Å². The average Bonchev–Trinajstić information content (AvgIpc) is 2.36. The maximum Gasteiger partial charge on any atom is 0.238 e. The van der Waals surface area contributed by atoms with Crippen LogP contribution in [0.5, 0.6) is 0 Å². The van der Waals surface area contributed by atoms with Crippen molar-refractivity contribution >= 4 is 21.4 Å². The van der Waals surface area contributed by atoms with Crippen molar-refractivity contribution in [2.45, 2.75) is 43.9 Å². The van der Waals surface area contributed by atoms with Gasteiger partial charge in [0.1, 0.15) is 0 Å². The third-order valence-electron chi connectivity index (χ3n) is 4.04. The highest BCUT2D eigenvalue weighted by atomic mass is 32.2. The summed E-state index contributed by atoms with van der Waals surface area (Å²) in [6, 6.07) is 4.65. The number of hydrogen-bond acceptors (Lipinski definition) is 4. The van der Waals surface area contributed by atoms with Crippen LogP contribution in [-0.2, 0) is 10.0 Å². The van der Waals surface area contributed by atoms with E-state index >= 15 is 0 Å². The maximum atomic E-state index is 11.4. The molecule has 0 heterocycles. The molecule has 0 atom stereocenters. The second kappa shape index (κ2) is 5.61. The van der Waals surface area contributed by atoms with Gasteiger partial charge in [-0.2, -0.15) is 0 Å². The highest BCUT2D eigenvalue weighted by Gasteiger charge is 2.26. The Kier molecular flexibility index (Phi) is 4.25. The molecule has 6 heteroatoms. The third-order valence-corrected chi connectivity index (χ3v) is 4.93. The van der Waals surface area contributed by atoms with Crippen molar-refractivity contribution in [1.82, 2.24) is 0 Å². The van der Waals surface area contributed by atoms with Gasteiger partial charge in [-0.05, 0) is 36.5 Å². The molecule has 0 saturated heterocycles. The SMILES string of the molecule is CC1(CNc2cc(N)cc(S(N)(=O)=O)c2)CCCCC1. The van der Waals surface area contributed by atoms with E-state index in [4.69, 9.17) is 10.9 Å². The quantitative estimate of drug-likeness (QED) is 0.743. The Balaban J connectivity index is 2.11. The zero-order chi connectivity index (χ0) is 14.8. The van der Waals surface area contributed by atoms with Gasteiger partial charge < -0.3 is 11.1 Å². The van der Waals surface area contributed by atoms with E-state index in [1.807, 2.05) is 0 Å². The van der Waals surface area contributed by atoms with Gasteiger partial charge in [-0.3, -0.25) is 0 Å². The molecule has 0 radical (unpaired) electrons. The minimum absolute atomic E-state index is 0.0498. The highest BCUT2D eigenvalue weighted by molar-refractivity contribution is 7.89. The summed E-state index contributed by atoms with van der Waals surface area (Å²) in [5.41, 5.74) is 7.11. The van der Waals surface area contributed by atoms with E-state index in [0.717, 1.165) is 6.54 Å². The third kappa shape index (κ3) is 3.86. The van der Waals surface area contributed by atoms with E-state index in [2.05, 4.69) is 12.2 Å². The molecule has 0 aliphatic heterocycles. The predicted octanol–water partition coefficient (Wildman–Crippen LogP) is 2.30. The van der Waals surface area contributed by atoms with Gasteiger partial charge >= 0.3 is 0 Å². The molecular weight excluding hydrogens is 274 g/mol. The maximum absolute atomic E-state index is 11.4. The molecular formula is C14H23N3O2S. The monoisotopic (exact) mass is 297 g/mol. The Morgan fingerprint density at radius 3 is 2.45 bits per heavy atom. The first-order valence-electron chi connectivity index (χ1n) is 6.96. The Bertz CT molecular complexity index is 578. The number of anilines is 2. The molecule has 0 unspecified atom stereocenters. The van der Waals surface area contributed by atoms with Crippen molar-refractivity contribution in [3.63, 3.8) is 0 Å². The number of sulfonamides is 1. The summed E-state index contributed by atoms with van der Waals surface area (Å²) in [5, 5.41) is 8.46. The number of nitrogen functional groups attached to an aromatic ring is 1. The number of nitrogens with two attached hydrogens (primary N) is 2. The van der Waals surface area contributed by atoms with Crippen molar-refractivity contribution < 1.29 is 8.42 Å². The van der Waals surface area contributed by atoms with Gasteiger partial charge in [0.05, 0.1) is 4.90 Å². The Hall–Kier alpha value is -1.27. The number of rotatable bonds is 4. The lowest BCUT2D eigenvalue weighted by Gasteiger charge is -2.34. The van der Waals surface area contributed by atoms with Gasteiger partial charge in [0, 0.05) is 17.9 Å². The van der Waals surface area contributed by atoms with Crippen molar-refractivity contribution in [3.8, 4) is 0 Å². The lowest BCUT2D eigenvalue weighted by molar-refractivity contribution is 0.233. The smallest absolute Gasteiger partial charge is 0.238 e. The van der Waals surface area contributed by atoms with Crippen molar-refractivity contribution in [3.05, 3.63) is 18.2 Å². The highest BCUT2D eigenvalue weighted by Crippen LogP contribution is 2.36. The molecule has 1 aliphatic rings. The summed E-state index contributed by atoms with van der Waals surface area (Å²) in [5.74, 6) is 0. The van der Waals surface area contributed by atoms with Crippen molar-refractivity contribution in [2.75, 3.05) is 17.6 Å². The standard InChI is InChI=1S/C14H23N3O2S/c1-14(5-3-2-4-6-14)10-17-12-7-11(15)8-13(9-12)20(16,18)19/h7-9,17H,2-6,10,15H2,1H3,(H2,16,18,19). The molecule has 0 aromatic heterocycles. The molecule has 0 spiro atoms. The van der Waals surface area contributed by atoms with Gasteiger partial charge in [0.15, 0.2) is 0 Å². The average molecular weight is 297 g/mol. The minimum atomic E-state index is -3.73. The molecule has 1 fully saturated rings. The van der Waals surface area contributed by atoms with Crippen LogP contribution >= 0.6 is 0 Å². The van der Waals surface area contributed by atoms with Gasteiger partial charge in [0.2, 0.25) is 10.0 Å². The fourth-order valence-electron chi connectivity index (χ4n) is 2.79. The van der Waals surface area contributed by atoms with E-state index in [9.17, 15) is 8.42 Å². The molecule has 5 N–H and O–H groups in total. The van der Waals surface area contributed by atoms with E-state index in [1.165, 1.54) is 44.2 Å². The lowest BCUT2D eigenvalue weighted by Crippen LogP contribution is -2.29. The first-order chi connectivity index (χ1) is 9.28. The summed E-state index contributed by atoms with van der Waals surface area (Å²) >= 11 is 0. The van der Waals surface area contributed by atoms with Gasteiger partial charge in [-0.15, -0.1) is 0 Å². The molecule has 1 aromatic carbocycles. The van der Waals surface area contributed by atoms with E-state index in [-0.39, 0.29) is 10.3 Å². The molecule has 1 aliphatic carbocycles. The zero-order valence-electron chi connectivity index (χ0n) is 11.9. The minimum Gasteiger partial charge on any atom is -0.399 e. The van der Waals surface area contributed by atoms with Crippen LogP contribution in [0.4, 0.5) is 11.4 Å². The van der Waals surface area contributed by atoms with Crippen molar-refractivity contribution in [1.29, 1.82) is 0 Å². The molecule has 112 valence electrons. The summed E-state index contributed by atoms with van der Waals surface area (Å²) in [7, 11) is -3.73. The van der Waals surface area contributed by atoms with E-state index in [1.54, 1.807) is 6.07 Å². The van der Waals surface area contributed by atoms with Gasteiger partial charge in [0.25, 0.3) is 0 Å². The van der Waals surface area contributed by atoms with Crippen LogP contribution in [0.2, 0.25) is 0 Å². The lowest BCUT2D eigenvalue weighted by atomic mass is 9.76.